The molecule has 0 aliphatic carbocycles. The fourth-order valence-corrected chi connectivity index (χ4v) is 2.20. The molecule has 0 aromatic heterocycles. The van der Waals surface area contributed by atoms with E-state index in [1.165, 1.54) is 0 Å². The van der Waals surface area contributed by atoms with Crippen molar-refractivity contribution in [3.05, 3.63) is 0 Å². The average molecular weight is 306 g/mol. The summed E-state index contributed by atoms with van der Waals surface area (Å²) in [6.07, 6.45) is 5.73. The van der Waals surface area contributed by atoms with Gasteiger partial charge >= 0.3 is 29.6 Å². The van der Waals surface area contributed by atoms with E-state index in [2.05, 4.69) is 0 Å². The van der Waals surface area contributed by atoms with Crippen molar-refractivity contribution in [3.8, 4) is 0 Å². The third-order valence-corrected chi connectivity index (χ3v) is 3.44. The summed E-state index contributed by atoms with van der Waals surface area (Å²) in [5.74, 6) is -0.364. The normalized spacial score (nSPS) is 13.0. The van der Waals surface area contributed by atoms with Gasteiger partial charge in [-0.15, -0.1) is 0 Å². The van der Waals surface area contributed by atoms with Crippen LogP contribution in [0.3, 0.4) is 0 Å². The monoisotopic (exact) mass is 306 g/mol. The standard InChI is InChI=1S/C12H25FO4S.Na/c1-12(8-11-18(14,15)16)17-10-7-5-3-2-4-6-9-13;/h12H,2-11H2,1H3,(H,14,15,16);/q;+1/p-1. The van der Waals surface area contributed by atoms with Gasteiger partial charge in [0, 0.05) is 12.4 Å². The molecule has 0 radical (unpaired) electrons. The van der Waals surface area contributed by atoms with Crippen molar-refractivity contribution in [2.75, 3.05) is 19.0 Å². The predicted octanol–water partition coefficient (Wildman–Crippen LogP) is -0.359. The molecule has 7 heteroatoms. The fourth-order valence-electron chi connectivity index (χ4n) is 1.58. The van der Waals surface area contributed by atoms with E-state index in [-0.39, 0.29) is 54.5 Å². The van der Waals surface area contributed by atoms with Gasteiger partial charge in [0.2, 0.25) is 0 Å². The Bertz CT molecular complexity index is 285. The second kappa shape index (κ2) is 13.8. The molecule has 1 atom stereocenters. The molecule has 1 unspecified atom stereocenters. The Labute approximate surface area is 138 Å². The molecule has 110 valence electrons. The van der Waals surface area contributed by atoms with Crippen LogP contribution in [0, 0.1) is 0 Å². The zero-order valence-electron chi connectivity index (χ0n) is 12.1. The summed E-state index contributed by atoms with van der Waals surface area (Å²) in [6.45, 7) is 2.12. The maximum Gasteiger partial charge on any atom is 1.00 e. The molecule has 0 aromatic carbocycles. The van der Waals surface area contributed by atoms with E-state index in [4.69, 9.17) is 4.74 Å². The fraction of sp³-hybridized carbons (Fsp3) is 1.00. The first-order valence-electron chi connectivity index (χ1n) is 6.57. The van der Waals surface area contributed by atoms with Crippen molar-refractivity contribution in [2.45, 2.75) is 58.0 Å². The minimum Gasteiger partial charge on any atom is -0.748 e. The topological polar surface area (TPSA) is 66.4 Å². The molecule has 0 fully saturated rings. The summed E-state index contributed by atoms with van der Waals surface area (Å²) in [5.41, 5.74) is 0. The van der Waals surface area contributed by atoms with Crippen LogP contribution < -0.4 is 29.6 Å². The number of halogens is 1. The van der Waals surface area contributed by atoms with E-state index in [9.17, 15) is 17.4 Å². The number of hydrogen-bond donors (Lipinski definition) is 0. The molecular weight excluding hydrogens is 282 g/mol. The molecular formula is C12H24FNaO4S. The van der Waals surface area contributed by atoms with Crippen molar-refractivity contribution in [3.63, 3.8) is 0 Å². The summed E-state index contributed by atoms with van der Waals surface area (Å²) < 4.78 is 48.4. The van der Waals surface area contributed by atoms with Gasteiger partial charge in [-0.2, -0.15) is 0 Å². The number of rotatable bonds is 12. The van der Waals surface area contributed by atoms with Crippen LogP contribution in [0.15, 0.2) is 0 Å². The van der Waals surface area contributed by atoms with Crippen LogP contribution in [0.5, 0.6) is 0 Å². The zero-order chi connectivity index (χ0) is 13.9. The molecule has 0 aliphatic heterocycles. The molecule has 4 nitrogen and oxygen atoms in total. The van der Waals surface area contributed by atoms with Crippen LogP contribution in [0.2, 0.25) is 0 Å². The van der Waals surface area contributed by atoms with Gasteiger partial charge in [0.05, 0.1) is 22.9 Å². The van der Waals surface area contributed by atoms with E-state index in [1.54, 1.807) is 6.92 Å². The minimum atomic E-state index is -4.13. The zero-order valence-corrected chi connectivity index (χ0v) is 14.9. The molecule has 0 N–H and O–H groups in total. The first-order chi connectivity index (χ1) is 8.45. The van der Waals surface area contributed by atoms with Gasteiger partial charge in [0.15, 0.2) is 0 Å². The number of alkyl halides is 1. The summed E-state index contributed by atoms with van der Waals surface area (Å²) >= 11 is 0. The van der Waals surface area contributed by atoms with Gasteiger partial charge < -0.3 is 9.29 Å². The molecule has 0 saturated heterocycles. The summed E-state index contributed by atoms with van der Waals surface area (Å²) in [6, 6.07) is 0. The van der Waals surface area contributed by atoms with Crippen LogP contribution in [-0.2, 0) is 14.9 Å². The third kappa shape index (κ3) is 18.8. The summed E-state index contributed by atoms with van der Waals surface area (Å²) in [7, 11) is -4.13. The van der Waals surface area contributed by atoms with Crippen LogP contribution in [0.25, 0.3) is 0 Å². The Morgan fingerprint density at radius 2 is 1.63 bits per heavy atom. The van der Waals surface area contributed by atoms with Gasteiger partial charge in [-0.05, 0) is 26.2 Å². The Hall–Kier alpha value is 0.800. The van der Waals surface area contributed by atoms with Gasteiger partial charge in [0.25, 0.3) is 0 Å². The van der Waals surface area contributed by atoms with Crippen molar-refractivity contribution in [1.29, 1.82) is 0 Å². The predicted molar refractivity (Wildman–Crippen MR) is 68.3 cm³/mol. The molecule has 19 heavy (non-hydrogen) atoms. The Morgan fingerprint density at radius 3 is 2.16 bits per heavy atom. The SMILES string of the molecule is CC(CCS(=O)(=O)[O-])OCCCCCCCCF.[Na+]. The summed E-state index contributed by atoms with van der Waals surface area (Å²) in [5, 5.41) is 0. The Morgan fingerprint density at radius 1 is 1.11 bits per heavy atom. The quantitative estimate of drug-likeness (QED) is 0.281. The molecule has 0 saturated carbocycles. The molecule has 0 spiro atoms. The van der Waals surface area contributed by atoms with Gasteiger partial charge in [0.1, 0.15) is 0 Å². The second-order valence-electron chi connectivity index (χ2n) is 4.54. The Kier molecular flexibility index (Phi) is 16.0. The summed E-state index contributed by atoms with van der Waals surface area (Å²) in [4.78, 5) is 0. The molecule has 0 aromatic rings. The van der Waals surface area contributed by atoms with Crippen LogP contribution in [-0.4, -0.2) is 38.1 Å². The largest absolute Gasteiger partial charge is 1.00 e. The van der Waals surface area contributed by atoms with Crippen LogP contribution in [0.1, 0.15) is 51.9 Å². The van der Waals surface area contributed by atoms with Crippen LogP contribution in [0.4, 0.5) is 4.39 Å². The second-order valence-corrected chi connectivity index (χ2v) is 6.07. The van der Waals surface area contributed by atoms with Gasteiger partial charge in [-0.3, -0.25) is 4.39 Å². The maximum atomic E-state index is 11.8. The number of ether oxygens (including phenoxy) is 1. The van der Waals surface area contributed by atoms with Gasteiger partial charge in [-0.1, -0.05) is 25.7 Å². The van der Waals surface area contributed by atoms with Crippen molar-refractivity contribution < 1.29 is 51.7 Å². The van der Waals surface area contributed by atoms with E-state index < -0.39 is 10.1 Å². The maximum absolute atomic E-state index is 11.8. The van der Waals surface area contributed by atoms with Gasteiger partial charge in [-0.25, -0.2) is 8.42 Å². The van der Waals surface area contributed by atoms with Crippen molar-refractivity contribution in [1.82, 2.24) is 0 Å². The average Bonchev–Trinajstić information content (AvgIpc) is 2.29. The van der Waals surface area contributed by atoms with E-state index in [1.807, 2.05) is 0 Å². The van der Waals surface area contributed by atoms with Crippen molar-refractivity contribution in [2.24, 2.45) is 0 Å². The minimum absolute atomic E-state index is 0. The number of hydrogen-bond acceptors (Lipinski definition) is 4. The molecule has 0 heterocycles. The number of unbranched alkanes of at least 4 members (excludes halogenated alkanes) is 5. The molecule has 0 bridgehead atoms. The van der Waals surface area contributed by atoms with Crippen LogP contribution >= 0.6 is 0 Å². The van der Waals surface area contributed by atoms with Crippen molar-refractivity contribution >= 4 is 10.1 Å². The van der Waals surface area contributed by atoms with E-state index in [0.717, 1.165) is 32.1 Å². The first-order valence-corrected chi connectivity index (χ1v) is 8.14. The Balaban J connectivity index is 0. The molecule has 0 amide bonds. The van der Waals surface area contributed by atoms with E-state index >= 15 is 0 Å². The molecule has 0 aliphatic rings. The smallest absolute Gasteiger partial charge is 0.748 e. The van der Waals surface area contributed by atoms with E-state index in [0.29, 0.717) is 13.0 Å². The molecule has 0 rings (SSSR count). The third-order valence-electron chi connectivity index (χ3n) is 2.70. The first kappa shape index (κ1) is 22.1.